The van der Waals surface area contributed by atoms with E-state index in [1.165, 1.54) is 30.5 Å². The van der Waals surface area contributed by atoms with Gasteiger partial charge in [-0.25, -0.2) is 9.78 Å². The minimum Gasteiger partial charge on any atom is -0.508 e. The number of nitrogens with one attached hydrogen (secondary N) is 1. The number of carbonyl (C=O) groups is 2. The number of allylic oxidation sites excluding steroid dienone is 4. The van der Waals surface area contributed by atoms with Crippen LogP contribution in [0.4, 0.5) is 0 Å². The highest BCUT2D eigenvalue weighted by molar-refractivity contribution is 5.97. The normalized spacial score (nSPS) is 20.9. The summed E-state index contributed by atoms with van der Waals surface area (Å²) < 4.78 is 16.3. The van der Waals surface area contributed by atoms with Crippen LogP contribution in [0.2, 0.25) is 0 Å². The fourth-order valence-electron chi connectivity index (χ4n) is 4.53. The number of pyridine rings is 1. The Morgan fingerprint density at radius 3 is 2.60 bits per heavy atom. The predicted octanol–water partition coefficient (Wildman–Crippen LogP) is 5.32. The minimum absolute atomic E-state index is 0.0336. The van der Waals surface area contributed by atoms with E-state index in [0.29, 0.717) is 31.6 Å². The lowest BCUT2D eigenvalue weighted by Gasteiger charge is -2.20. The van der Waals surface area contributed by atoms with Crippen LogP contribution in [0.15, 0.2) is 54.8 Å². The van der Waals surface area contributed by atoms with Gasteiger partial charge in [0.2, 0.25) is 0 Å². The molecule has 2 unspecified atom stereocenters. The molecule has 1 aromatic carbocycles. The number of aromatic nitrogens is 1. The van der Waals surface area contributed by atoms with Gasteiger partial charge in [0.1, 0.15) is 17.9 Å². The fourth-order valence-corrected chi connectivity index (χ4v) is 4.53. The molecule has 3 N–H and O–H groups in total. The van der Waals surface area contributed by atoms with Gasteiger partial charge in [-0.3, -0.25) is 4.79 Å². The third-order valence-corrected chi connectivity index (χ3v) is 6.60. The van der Waals surface area contributed by atoms with Crippen molar-refractivity contribution in [2.45, 2.75) is 77.0 Å². The zero-order chi connectivity index (χ0) is 28.9. The van der Waals surface area contributed by atoms with Crippen LogP contribution in [-0.4, -0.2) is 59.0 Å². The molecule has 0 radical (unpaired) electrons. The fraction of sp³-hybridized carbons (Fsp3) is 0.452. The number of esters is 1. The Labute approximate surface area is 235 Å². The van der Waals surface area contributed by atoms with E-state index in [9.17, 15) is 14.7 Å². The number of amides is 1. The molecule has 2 aliphatic rings. The summed E-state index contributed by atoms with van der Waals surface area (Å²) in [4.78, 5) is 28.8. The summed E-state index contributed by atoms with van der Waals surface area (Å²) in [6.07, 6.45) is 13.4. The van der Waals surface area contributed by atoms with Crippen LogP contribution in [0.1, 0.15) is 74.8 Å². The zero-order valence-corrected chi connectivity index (χ0v) is 23.5. The molecule has 0 saturated carbocycles. The van der Waals surface area contributed by atoms with Crippen molar-refractivity contribution in [3.63, 3.8) is 0 Å². The predicted molar refractivity (Wildman–Crippen MR) is 152 cm³/mol. The van der Waals surface area contributed by atoms with Gasteiger partial charge >= 0.3 is 5.97 Å². The van der Waals surface area contributed by atoms with E-state index in [1.54, 1.807) is 12.1 Å². The quantitative estimate of drug-likeness (QED) is 0.394. The second-order valence-corrected chi connectivity index (χ2v) is 9.83. The highest BCUT2D eigenvalue weighted by Gasteiger charge is 2.29. The van der Waals surface area contributed by atoms with Crippen LogP contribution in [0, 0.1) is 0 Å². The van der Waals surface area contributed by atoms with Gasteiger partial charge in [-0.2, -0.15) is 0 Å². The summed E-state index contributed by atoms with van der Waals surface area (Å²) in [5.41, 5.74) is 2.24. The lowest BCUT2D eigenvalue weighted by Crippen LogP contribution is -2.42. The van der Waals surface area contributed by atoms with Crippen molar-refractivity contribution in [2.24, 2.45) is 0 Å². The number of phenolic OH excluding ortho intramolecular Hbond substituents is 1. The number of rotatable bonds is 7. The monoisotopic (exact) mass is 552 g/mol. The van der Waals surface area contributed by atoms with Gasteiger partial charge in [0.15, 0.2) is 17.2 Å². The molecular weight excluding hydrogens is 512 g/mol. The second-order valence-electron chi connectivity index (χ2n) is 9.83. The summed E-state index contributed by atoms with van der Waals surface area (Å²) >= 11 is 0. The van der Waals surface area contributed by atoms with Gasteiger partial charge in [-0.1, -0.05) is 37.3 Å². The zero-order valence-electron chi connectivity index (χ0n) is 23.5. The van der Waals surface area contributed by atoms with Crippen molar-refractivity contribution >= 4 is 17.4 Å². The Bertz CT molecular complexity index is 1180. The van der Waals surface area contributed by atoms with Crippen molar-refractivity contribution in [2.75, 3.05) is 13.7 Å². The Morgan fingerprint density at radius 1 is 1.15 bits per heavy atom. The first-order chi connectivity index (χ1) is 19.3. The lowest BCUT2D eigenvalue weighted by atomic mass is 10.00. The van der Waals surface area contributed by atoms with E-state index in [1.807, 2.05) is 26.0 Å². The lowest BCUT2D eigenvalue weighted by molar-refractivity contribution is -0.151. The Morgan fingerprint density at radius 2 is 1.93 bits per heavy atom. The summed E-state index contributed by atoms with van der Waals surface area (Å²) in [5, 5.41) is 21.8. The molecule has 1 aliphatic heterocycles. The summed E-state index contributed by atoms with van der Waals surface area (Å²) in [5.74, 6) is -1.05. The first kappa shape index (κ1) is 30.7. The Hall–Kier alpha value is -3.85. The maximum atomic E-state index is 12.5. The van der Waals surface area contributed by atoms with Crippen molar-refractivity contribution < 1.29 is 34.0 Å². The van der Waals surface area contributed by atoms with Crippen LogP contribution >= 0.6 is 0 Å². The molecule has 40 heavy (non-hydrogen) atoms. The van der Waals surface area contributed by atoms with E-state index in [-0.39, 0.29) is 29.4 Å². The van der Waals surface area contributed by atoms with E-state index in [4.69, 9.17) is 19.3 Å². The number of cyclic esters (lactones) is 1. The van der Waals surface area contributed by atoms with Crippen molar-refractivity contribution in [1.82, 2.24) is 10.3 Å². The van der Waals surface area contributed by atoms with Gasteiger partial charge < -0.3 is 29.7 Å². The SMILES string of the molecule is CCCOC1CCC[C@H](NC(=O)c2nccc(OC)c2O)C(=O)OC(C)C1.Oc1ccc(C2=CCCC=C2)cc1. The molecule has 9 heteroatoms. The van der Waals surface area contributed by atoms with Crippen molar-refractivity contribution in [1.29, 1.82) is 0 Å². The Kier molecular flexibility index (Phi) is 12.0. The summed E-state index contributed by atoms with van der Waals surface area (Å²) in [6.45, 7) is 4.54. The number of hydrogen-bond acceptors (Lipinski definition) is 8. The molecule has 4 rings (SSSR count). The maximum Gasteiger partial charge on any atom is 0.328 e. The molecule has 0 bridgehead atoms. The van der Waals surface area contributed by atoms with E-state index in [0.717, 1.165) is 25.7 Å². The molecule has 3 atom stereocenters. The van der Waals surface area contributed by atoms with E-state index < -0.39 is 17.9 Å². The van der Waals surface area contributed by atoms with Crippen LogP contribution in [0.25, 0.3) is 5.57 Å². The minimum atomic E-state index is -0.808. The first-order valence-electron chi connectivity index (χ1n) is 13.8. The van der Waals surface area contributed by atoms with Crippen molar-refractivity contribution in [3.8, 4) is 17.2 Å². The molecule has 1 amide bonds. The van der Waals surface area contributed by atoms with Crippen LogP contribution < -0.4 is 10.1 Å². The molecule has 2 heterocycles. The van der Waals surface area contributed by atoms with Gasteiger partial charge in [-0.05, 0) is 68.7 Å². The third kappa shape index (κ3) is 9.12. The van der Waals surface area contributed by atoms with Gasteiger partial charge in [0.25, 0.3) is 5.91 Å². The topological polar surface area (TPSA) is 127 Å². The number of carbonyl (C=O) groups excluding carboxylic acids is 2. The molecule has 1 fully saturated rings. The largest absolute Gasteiger partial charge is 0.508 e. The number of nitrogens with zero attached hydrogens (tertiary/aromatic N) is 1. The van der Waals surface area contributed by atoms with Gasteiger partial charge in [0, 0.05) is 25.3 Å². The number of phenols is 1. The number of methoxy groups -OCH3 is 1. The molecule has 1 aromatic heterocycles. The Balaban J connectivity index is 0.000000281. The maximum absolute atomic E-state index is 12.5. The van der Waals surface area contributed by atoms with Crippen LogP contribution in [0.3, 0.4) is 0 Å². The van der Waals surface area contributed by atoms with Crippen molar-refractivity contribution in [3.05, 3.63) is 66.0 Å². The molecule has 9 nitrogen and oxygen atoms in total. The van der Waals surface area contributed by atoms with Crippen LogP contribution in [0.5, 0.6) is 17.2 Å². The third-order valence-electron chi connectivity index (χ3n) is 6.60. The highest BCUT2D eigenvalue weighted by atomic mass is 16.5. The average Bonchev–Trinajstić information content (AvgIpc) is 3.02. The standard InChI is InChI=1S/C19H28N2O6.C12H12O/c1-4-10-26-13-6-5-7-14(19(24)27-12(2)11-13)21-18(23)16-17(22)15(25-3)8-9-20-16;13-12-8-6-11(7-9-12)10-4-2-1-3-5-10/h8-9,12-14,22H,4-7,10-11H2,1-3H3,(H,21,23);2,4-9,13H,1,3H2/t12?,13?,14-;/m0./s1. The number of aromatic hydroxyl groups is 2. The highest BCUT2D eigenvalue weighted by Crippen LogP contribution is 2.28. The van der Waals surface area contributed by atoms with Crippen LogP contribution in [-0.2, 0) is 14.3 Å². The molecular formula is C31H40N2O7. The number of benzene rings is 1. The molecule has 0 spiro atoms. The molecule has 216 valence electrons. The van der Waals surface area contributed by atoms with Gasteiger partial charge in [0.05, 0.1) is 13.2 Å². The van der Waals surface area contributed by atoms with Gasteiger partial charge in [-0.15, -0.1) is 0 Å². The smallest absolute Gasteiger partial charge is 0.328 e. The summed E-state index contributed by atoms with van der Waals surface area (Å²) in [7, 11) is 1.38. The van der Waals surface area contributed by atoms with E-state index in [2.05, 4.69) is 28.5 Å². The van der Waals surface area contributed by atoms with E-state index >= 15 is 0 Å². The second kappa shape index (κ2) is 15.7. The number of hydrogen-bond donors (Lipinski definition) is 3. The molecule has 1 aliphatic carbocycles. The summed E-state index contributed by atoms with van der Waals surface area (Å²) in [6, 6.07) is 7.96. The number of ether oxygens (including phenoxy) is 3. The average molecular weight is 553 g/mol. The molecule has 2 aromatic rings. The molecule has 1 saturated heterocycles. The first-order valence-corrected chi connectivity index (χ1v) is 13.8.